The van der Waals surface area contributed by atoms with Crippen molar-refractivity contribution in [1.29, 1.82) is 0 Å². The summed E-state index contributed by atoms with van der Waals surface area (Å²) in [5.74, 6) is 0.799. The van der Waals surface area contributed by atoms with Crippen molar-refractivity contribution in [3.05, 3.63) is 47.6 Å². The summed E-state index contributed by atoms with van der Waals surface area (Å²) < 4.78 is 33.5. The Morgan fingerprint density at radius 1 is 1.07 bits per heavy atom. The number of hydrogen-bond donors (Lipinski definition) is 0. The van der Waals surface area contributed by atoms with E-state index in [0.717, 1.165) is 35.7 Å². The summed E-state index contributed by atoms with van der Waals surface area (Å²) in [5, 5.41) is 1.09. The first-order valence-corrected chi connectivity index (χ1v) is 12.0. The third kappa shape index (κ3) is 3.52. The summed E-state index contributed by atoms with van der Waals surface area (Å²) >= 11 is 1.72. The summed E-state index contributed by atoms with van der Waals surface area (Å²) in [6, 6.07) is 11.8. The summed E-state index contributed by atoms with van der Waals surface area (Å²) in [4.78, 5) is 11.8. The standard InChI is InChI=1S/C20H22N4O3S2/c25-29(26,23-10-12-27-13-11-23)15-7-8-19(21-14-15)24-9-3-5-17(24)20-22-16-4-1-2-6-18(16)28-20/h1-2,4,6-8,14,17H,3,5,9-13H2/t17-/m0/s1. The second-order valence-electron chi connectivity index (χ2n) is 7.24. The lowest BCUT2D eigenvalue weighted by Gasteiger charge is -2.27. The van der Waals surface area contributed by atoms with Gasteiger partial charge in [-0.15, -0.1) is 11.3 Å². The Morgan fingerprint density at radius 2 is 1.90 bits per heavy atom. The minimum Gasteiger partial charge on any atom is -0.379 e. The highest BCUT2D eigenvalue weighted by Gasteiger charge is 2.31. The van der Waals surface area contributed by atoms with Gasteiger partial charge in [0.15, 0.2) is 0 Å². The highest BCUT2D eigenvalue weighted by molar-refractivity contribution is 7.89. The Kier molecular flexibility index (Phi) is 4.99. The first kappa shape index (κ1) is 18.9. The number of anilines is 1. The van der Waals surface area contributed by atoms with Crippen molar-refractivity contribution in [3.8, 4) is 0 Å². The minimum absolute atomic E-state index is 0.182. The third-order valence-corrected chi connectivity index (χ3v) is 8.49. The third-order valence-electron chi connectivity index (χ3n) is 5.47. The van der Waals surface area contributed by atoms with E-state index in [1.807, 2.05) is 24.3 Å². The average Bonchev–Trinajstić information content (AvgIpc) is 3.41. The van der Waals surface area contributed by atoms with Crippen molar-refractivity contribution in [2.75, 3.05) is 37.7 Å². The van der Waals surface area contributed by atoms with Gasteiger partial charge in [-0.1, -0.05) is 12.1 Å². The molecule has 0 amide bonds. The molecule has 0 bridgehead atoms. The van der Waals surface area contributed by atoms with E-state index in [2.05, 4.69) is 16.0 Å². The second kappa shape index (κ2) is 7.64. The Hall–Kier alpha value is -2.07. The van der Waals surface area contributed by atoms with E-state index in [4.69, 9.17) is 9.72 Å². The summed E-state index contributed by atoms with van der Waals surface area (Å²) in [5.41, 5.74) is 1.03. The highest BCUT2D eigenvalue weighted by atomic mass is 32.2. The van der Waals surface area contributed by atoms with Crippen molar-refractivity contribution in [2.45, 2.75) is 23.8 Å². The molecule has 4 heterocycles. The van der Waals surface area contributed by atoms with Crippen LogP contribution in [0.2, 0.25) is 0 Å². The largest absolute Gasteiger partial charge is 0.379 e. The highest BCUT2D eigenvalue weighted by Crippen LogP contribution is 2.38. The number of fused-ring (bicyclic) bond motifs is 1. The zero-order chi connectivity index (χ0) is 19.8. The summed E-state index contributed by atoms with van der Waals surface area (Å²) in [7, 11) is -3.52. The Labute approximate surface area is 174 Å². The topological polar surface area (TPSA) is 75.6 Å². The van der Waals surface area contributed by atoms with Gasteiger partial charge in [-0.3, -0.25) is 0 Å². The van der Waals surface area contributed by atoms with Gasteiger partial charge in [0.05, 0.1) is 29.5 Å². The first-order valence-electron chi connectivity index (χ1n) is 9.79. The lowest BCUT2D eigenvalue weighted by molar-refractivity contribution is 0.0730. The van der Waals surface area contributed by atoms with Crippen molar-refractivity contribution in [1.82, 2.24) is 14.3 Å². The fourth-order valence-corrected chi connectivity index (χ4v) is 6.43. The van der Waals surface area contributed by atoms with Crippen LogP contribution < -0.4 is 4.90 Å². The Bertz CT molecular complexity index is 1080. The van der Waals surface area contributed by atoms with E-state index in [0.29, 0.717) is 26.3 Å². The quantitative estimate of drug-likeness (QED) is 0.633. The smallest absolute Gasteiger partial charge is 0.244 e. The molecule has 0 spiro atoms. The molecule has 7 nitrogen and oxygen atoms in total. The molecule has 2 saturated heterocycles. The molecule has 0 aliphatic carbocycles. The number of hydrogen-bond acceptors (Lipinski definition) is 7. The van der Waals surface area contributed by atoms with Gasteiger partial charge in [-0.05, 0) is 37.1 Å². The van der Waals surface area contributed by atoms with Gasteiger partial charge in [0.25, 0.3) is 0 Å². The number of pyridine rings is 1. The number of sulfonamides is 1. The molecule has 5 rings (SSSR count). The Balaban J connectivity index is 1.40. The summed E-state index contributed by atoms with van der Waals surface area (Å²) in [6.07, 6.45) is 3.57. The summed E-state index contributed by atoms with van der Waals surface area (Å²) in [6.45, 7) is 2.53. The van der Waals surface area contributed by atoms with Gasteiger partial charge in [-0.25, -0.2) is 18.4 Å². The fourth-order valence-electron chi connectivity index (χ4n) is 3.96. The van der Waals surface area contributed by atoms with Crippen LogP contribution in [0, 0.1) is 0 Å². The van der Waals surface area contributed by atoms with Crippen LogP contribution in [-0.4, -0.2) is 55.5 Å². The van der Waals surface area contributed by atoms with Gasteiger partial charge < -0.3 is 9.64 Å². The van der Waals surface area contributed by atoms with Gasteiger partial charge in [0, 0.05) is 25.8 Å². The number of para-hydroxylation sites is 1. The van der Waals surface area contributed by atoms with E-state index in [-0.39, 0.29) is 10.9 Å². The molecular formula is C20H22N4O3S2. The van der Waals surface area contributed by atoms with Crippen molar-refractivity contribution in [3.63, 3.8) is 0 Å². The average molecular weight is 431 g/mol. The molecule has 2 aliphatic rings. The monoisotopic (exact) mass is 430 g/mol. The number of ether oxygens (including phenoxy) is 1. The van der Waals surface area contributed by atoms with Crippen LogP contribution in [0.4, 0.5) is 5.82 Å². The van der Waals surface area contributed by atoms with Gasteiger partial charge >= 0.3 is 0 Å². The van der Waals surface area contributed by atoms with Crippen LogP contribution in [0.1, 0.15) is 23.9 Å². The van der Waals surface area contributed by atoms with E-state index in [9.17, 15) is 8.42 Å². The van der Waals surface area contributed by atoms with Gasteiger partial charge in [0.1, 0.15) is 15.7 Å². The van der Waals surface area contributed by atoms with E-state index >= 15 is 0 Å². The first-order chi connectivity index (χ1) is 14.1. The number of aromatic nitrogens is 2. The van der Waals surface area contributed by atoms with Crippen molar-refractivity contribution < 1.29 is 13.2 Å². The van der Waals surface area contributed by atoms with Crippen molar-refractivity contribution in [2.24, 2.45) is 0 Å². The van der Waals surface area contributed by atoms with Crippen LogP contribution in [0.25, 0.3) is 10.2 Å². The molecule has 1 atom stereocenters. The van der Waals surface area contributed by atoms with Crippen LogP contribution in [0.5, 0.6) is 0 Å². The van der Waals surface area contributed by atoms with E-state index in [1.54, 1.807) is 17.4 Å². The fraction of sp³-hybridized carbons (Fsp3) is 0.400. The molecule has 0 saturated carbocycles. The van der Waals surface area contributed by atoms with Gasteiger partial charge in [-0.2, -0.15) is 4.31 Å². The van der Waals surface area contributed by atoms with Crippen molar-refractivity contribution >= 4 is 37.4 Å². The lowest BCUT2D eigenvalue weighted by Crippen LogP contribution is -2.40. The van der Waals surface area contributed by atoms with Crippen LogP contribution >= 0.6 is 11.3 Å². The Morgan fingerprint density at radius 3 is 2.66 bits per heavy atom. The van der Waals surface area contributed by atoms with E-state index < -0.39 is 10.0 Å². The minimum atomic E-state index is -3.52. The molecule has 3 aromatic rings. The molecule has 2 aromatic heterocycles. The van der Waals surface area contributed by atoms with E-state index in [1.165, 1.54) is 15.2 Å². The molecule has 29 heavy (non-hydrogen) atoms. The van der Waals surface area contributed by atoms with Crippen LogP contribution in [0.15, 0.2) is 47.5 Å². The number of benzene rings is 1. The van der Waals surface area contributed by atoms with Crippen LogP contribution in [0.3, 0.4) is 0 Å². The molecular weight excluding hydrogens is 408 g/mol. The molecule has 0 N–H and O–H groups in total. The zero-order valence-electron chi connectivity index (χ0n) is 15.9. The molecule has 2 aliphatic heterocycles. The maximum absolute atomic E-state index is 12.8. The molecule has 152 valence electrons. The molecule has 1 aromatic carbocycles. The molecule has 9 heteroatoms. The SMILES string of the molecule is O=S(=O)(c1ccc(N2CCC[C@H]2c2nc3ccccc3s2)nc1)N1CCOCC1. The molecule has 0 radical (unpaired) electrons. The molecule has 2 fully saturated rings. The number of thiazole rings is 1. The normalized spacial score (nSPS) is 21.1. The number of rotatable bonds is 4. The number of nitrogens with zero attached hydrogens (tertiary/aromatic N) is 4. The second-order valence-corrected chi connectivity index (χ2v) is 10.2. The lowest BCUT2D eigenvalue weighted by atomic mass is 10.2. The predicted octanol–water partition coefficient (Wildman–Crippen LogP) is 3.05. The van der Waals surface area contributed by atoms with Gasteiger partial charge in [0.2, 0.25) is 10.0 Å². The number of morpholine rings is 1. The zero-order valence-corrected chi connectivity index (χ0v) is 17.5. The maximum atomic E-state index is 12.8. The maximum Gasteiger partial charge on any atom is 0.244 e. The van der Waals surface area contributed by atoms with Crippen LogP contribution in [-0.2, 0) is 14.8 Å². The predicted molar refractivity (Wildman–Crippen MR) is 113 cm³/mol. The molecule has 0 unspecified atom stereocenters.